The van der Waals surface area contributed by atoms with Crippen LogP contribution in [0.2, 0.25) is 0 Å². The average molecular weight is 260 g/mol. The van der Waals surface area contributed by atoms with Crippen molar-refractivity contribution in [2.75, 3.05) is 25.5 Å². The third-order valence-electron chi connectivity index (χ3n) is 4.86. The van der Waals surface area contributed by atoms with E-state index in [1.165, 1.54) is 43.5 Å². The second-order valence-corrected chi connectivity index (χ2v) is 6.30. The number of hydrogen-bond acceptors (Lipinski definition) is 2. The molecule has 1 fully saturated rings. The fourth-order valence-corrected chi connectivity index (χ4v) is 2.88. The smallest absolute Gasteiger partial charge is 0.0361 e. The van der Waals surface area contributed by atoms with E-state index in [1.807, 2.05) is 0 Å². The summed E-state index contributed by atoms with van der Waals surface area (Å²) in [5.41, 5.74) is 3.24. The first-order valence-corrected chi connectivity index (χ1v) is 7.57. The van der Waals surface area contributed by atoms with Gasteiger partial charge < -0.3 is 10.2 Å². The van der Waals surface area contributed by atoms with Crippen molar-refractivity contribution in [3.05, 3.63) is 29.8 Å². The Morgan fingerprint density at radius 3 is 2.26 bits per heavy atom. The third-order valence-corrected chi connectivity index (χ3v) is 4.86. The molecule has 0 saturated heterocycles. The van der Waals surface area contributed by atoms with E-state index in [4.69, 9.17) is 0 Å². The molecule has 0 spiro atoms. The molecule has 1 aliphatic carbocycles. The van der Waals surface area contributed by atoms with Gasteiger partial charge in [0.1, 0.15) is 0 Å². The average Bonchev–Trinajstić information content (AvgIpc) is 2.38. The van der Waals surface area contributed by atoms with Gasteiger partial charge in [-0.3, -0.25) is 0 Å². The van der Waals surface area contributed by atoms with Gasteiger partial charge in [-0.25, -0.2) is 0 Å². The van der Waals surface area contributed by atoms with Crippen LogP contribution in [-0.2, 0) is 0 Å². The number of benzene rings is 1. The highest BCUT2D eigenvalue weighted by Crippen LogP contribution is 2.43. The highest BCUT2D eigenvalue weighted by atomic mass is 15.1. The van der Waals surface area contributed by atoms with Gasteiger partial charge in [0.15, 0.2) is 0 Å². The van der Waals surface area contributed by atoms with E-state index in [-0.39, 0.29) is 0 Å². The number of nitrogens with one attached hydrogen (secondary N) is 1. The molecular formula is C17H28N2. The number of anilines is 1. The molecule has 0 amide bonds. The van der Waals surface area contributed by atoms with Gasteiger partial charge in [-0.05, 0) is 49.3 Å². The lowest BCUT2D eigenvalue weighted by Gasteiger charge is -2.42. The summed E-state index contributed by atoms with van der Waals surface area (Å²) in [5.74, 6) is 0. The molecule has 2 nitrogen and oxygen atoms in total. The maximum absolute atomic E-state index is 3.73. The third kappa shape index (κ3) is 3.30. The monoisotopic (exact) mass is 260 g/mol. The molecule has 1 aromatic carbocycles. The van der Waals surface area contributed by atoms with Crippen molar-refractivity contribution in [1.29, 1.82) is 0 Å². The predicted octanol–water partition coefficient (Wildman–Crippen LogP) is 3.98. The van der Waals surface area contributed by atoms with Gasteiger partial charge in [0.2, 0.25) is 0 Å². The Labute approximate surface area is 118 Å². The molecule has 0 bridgehead atoms. The summed E-state index contributed by atoms with van der Waals surface area (Å²) in [5, 5.41) is 3.73. The van der Waals surface area contributed by atoms with Crippen LogP contribution < -0.4 is 10.2 Å². The minimum atomic E-state index is 0.445. The van der Waals surface area contributed by atoms with E-state index in [1.54, 1.807) is 0 Å². The van der Waals surface area contributed by atoms with Crippen LogP contribution >= 0.6 is 0 Å². The summed E-state index contributed by atoms with van der Waals surface area (Å²) >= 11 is 0. The molecule has 1 N–H and O–H groups in total. The maximum Gasteiger partial charge on any atom is 0.0361 e. The SMILES string of the molecule is CCC1(CNC(C)c2ccc(N(C)C)cc2)CCC1. The first-order valence-electron chi connectivity index (χ1n) is 7.57. The minimum Gasteiger partial charge on any atom is -0.378 e. The topological polar surface area (TPSA) is 15.3 Å². The highest BCUT2D eigenvalue weighted by molar-refractivity contribution is 5.46. The van der Waals surface area contributed by atoms with Crippen LogP contribution in [0.15, 0.2) is 24.3 Å². The quantitative estimate of drug-likeness (QED) is 0.832. The molecule has 1 saturated carbocycles. The van der Waals surface area contributed by atoms with Crippen LogP contribution in [0.25, 0.3) is 0 Å². The lowest BCUT2D eigenvalue weighted by Crippen LogP contribution is -2.40. The summed E-state index contributed by atoms with van der Waals surface area (Å²) in [6.07, 6.45) is 5.54. The molecule has 19 heavy (non-hydrogen) atoms. The van der Waals surface area contributed by atoms with Crippen molar-refractivity contribution in [3.8, 4) is 0 Å². The fourth-order valence-electron chi connectivity index (χ4n) is 2.88. The minimum absolute atomic E-state index is 0.445. The molecule has 0 radical (unpaired) electrons. The van der Waals surface area contributed by atoms with Crippen molar-refractivity contribution < 1.29 is 0 Å². The van der Waals surface area contributed by atoms with Gasteiger partial charge in [0, 0.05) is 32.4 Å². The van der Waals surface area contributed by atoms with Gasteiger partial charge in [-0.15, -0.1) is 0 Å². The Morgan fingerprint density at radius 1 is 1.21 bits per heavy atom. The standard InChI is InChI=1S/C17H28N2/c1-5-17(11-6-12-17)13-18-14(2)15-7-9-16(10-8-15)19(3)4/h7-10,14,18H,5-6,11-13H2,1-4H3. The van der Waals surface area contributed by atoms with Crippen LogP contribution in [0.4, 0.5) is 5.69 Å². The highest BCUT2D eigenvalue weighted by Gasteiger charge is 2.34. The van der Waals surface area contributed by atoms with Gasteiger partial charge in [0.05, 0.1) is 0 Å². The van der Waals surface area contributed by atoms with Crippen LogP contribution in [-0.4, -0.2) is 20.6 Å². The first-order chi connectivity index (χ1) is 9.06. The molecule has 0 aromatic heterocycles. The van der Waals surface area contributed by atoms with E-state index in [0.29, 0.717) is 11.5 Å². The molecule has 2 heteroatoms. The number of rotatable bonds is 6. The van der Waals surface area contributed by atoms with Crippen molar-refractivity contribution in [3.63, 3.8) is 0 Å². The van der Waals surface area contributed by atoms with Crippen molar-refractivity contribution >= 4 is 5.69 Å². The van der Waals surface area contributed by atoms with Crippen LogP contribution in [0.5, 0.6) is 0 Å². The lowest BCUT2D eigenvalue weighted by molar-refractivity contribution is 0.120. The summed E-state index contributed by atoms with van der Waals surface area (Å²) in [7, 11) is 4.16. The van der Waals surface area contributed by atoms with Gasteiger partial charge >= 0.3 is 0 Å². The number of nitrogens with zero attached hydrogens (tertiary/aromatic N) is 1. The van der Waals surface area contributed by atoms with E-state index in [9.17, 15) is 0 Å². The normalized spacial score (nSPS) is 18.7. The Bertz CT molecular complexity index is 385. The van der Waals surface area contributed by atoms with E-state index < -0.39 is 0 Å². The lowest BCUT2D eigenvalue weighted by atomic mass is 9.67. The molecule has 1 aromatic rings. The van der Waals surface area contributed by atoms with Crippen molar-refractivity contribution in [2.45, 2.75) is 45.6 Å². The zero-order valence-electron chi connectivity index (χ0n) is 12.9. The predicted molar refractivity (Wildman–Crippen MR) is 83.8 cm³/mol. The Balaban J connectivity index is 1.90. The van der Waals surface area contributed by atoms with Crippen LogP contribution in [0.3, 0.4) is 0 Å². The second-order valence-electron chi connectivity index (χ2n) is 6.30. The summed E-state index contributed by atoms with van der Waals surface area (Å²) in [6.45, 7) is 5.77. The Kier molecular flexibility index (Phi) is 4.51. The molecule has 0 heterocycles. The largest absolute Gasteiger partial charge is 0.378 e. The van der Waals surface area contributed by atoms with Crippen LogP contribution in [0, 0.1) is 5.41 Å². The molecule has 1 aliphatic rings. The number of hydrogen-bond donors (Lipinski definition) is 1. The summed E-state index contributed by atoms with van der Waals surface area (Å²) in [4.78, 5) is 2.14. The van der Waals surface area contributed by atoms with Crippen LogP contribution in [0.1, 0.15) is 51.1 Å². The molecule has 1 atom stereocenters. The van der Waals surface area contributed by atoms with Crippen molar-refractivity contribution in [2.24, 2.45) is 5.41 Å². The molecule has 2 rings (SSSR count). The molecule has 1 unspecified atom stereocenters. The maximum atomic E-state index is 3.73. The van der Waals surface area contributed by atoms with Crippen molar-refractivity contribution in [1.82, 2.24) is 5.32 Å². The zero-order valence-corrected chi connectivity index (χ0v) is 12.9. The summed E-state index contributed by atoms with van der Waals surface area (Å²) < 4.78 is 0. The second kappa shape index (κ2) is 5.96. The van der Waals surface area contributed by atoms with Gasteiger partial charge in [-0.1, -0.05) is 25.5 Å². The zero-order chi connectivity index (χ0) is 13.9. The summed E-state index contributed by atoms with van der Waals surface area (Å²) in [6, 6.07) is 9.33. The fraction of sp³-hybridized carbons (Fsp3) is 0.647. The Hall–Kier alpha value is -1.02. The van der Waals surface area contributed by atoms with Gasteiger partial charge in [-0.2, -0.15) is 0 Å². The van der Waals surface area contributed by atoms with E-state index >= 15 is 0 Å². The molecular weight excluding hydrogens is 232 g/mol. The van der Waals surface area contributed by atoms with E-state index in [0.717, 1.165) is 0 Å². The first kappa shape index (κ1) is 14.4. The van der Waals surface area contributed by atoms with Gasteiger partial charge in [0.25, 0.3) is 0 Å². The Morgan fingerprint density at radius 2 is 1.84 bits per heavy atom. The van der Waals surface area contributed by atoms with E-state index in [2.05, 4.69) is 62.4 Å². The molecule has 0 aliphatic heterocycles. The molecule has 106 valence electrons.